The van der Waals surface area contributed by atoms with E-state index in [1.165, 1.54) is 37.1 Å². The van der Waals surface area contributed by atoms with Crippen molar-refractivity contribution in [2.75, 3.05) is 32.7 Å². The van der Waals surface area contributed by atoms with E-state index in [1.54, 1.807) is 0 Å². The van der Waals surface area contributed by atoms with Gasteiger partial charge in [0, 0.05) is 12.6 Å². The Morgan fingerprint density at radius 3 is 2.28 bits per heavy atom. The number of benzene rings is 1. The van der Waals surface area contributed by atoms with E-state index in [-0.39, 0.29) is 23.3 Å². The van der Waals surface area contributed by atoms with Gasteiger partial charge in [0.1, 0.15) is 5.82 Å². The molecule has 0 spiro atoms. The Hall–Kier alpha value is -0.730. The average molecular weight is 392 g/mol. The molecule has 0 bridgehead atoms. The lowest BCUT2D eigenvalue weighted by atomic mass is 9.96. The largest absolute Gasteiger partial charge is 0.317 e. The van der Waals surface area contributed by atoms with Crippen LogP contribution in [0.3, 0.4) is 0 Å². The van der Waals surface area contributed by atoms with E-state index < -0.39 is 15.8 Å². The highest BCUT2D eigenvalue weighted by atomic mass is 35.5. The monoisotopic (exact) mass is 391 g/mol. The van der Waals surface area contributed by atoms with Crippen LogP contribution in [0.25, 0.3) is 0 Å². The summed E-state index contributed by atoms with van der Waals surface area (Å²) in [5.74, 6) is 0.332. The van der Waals surface area contributed by atoms with Gasteiger partial charge in [-0.05, 0) is 82.0 Å². The molecule has 25 heavy (non-hydrogen) atoms. The fourth-order valence-electron chi connectivity index (χ4n) is 3.56. The Bertz CT molecular complexity index is 628. The van der Waals surface area contributed by atoms with Gasteiger partial charge in [-0.3, -0.25) is 0 Å². The molecule has 2 saturated heterocycles. The van der Waals surface area contributed by atoms with Gasteiger partial charge in [0.25, 0.3) is 0 Å². The first-order valence-corrected chi connectivity index (χ1v) is 10.2. The van der Waals surface area contributed by atoms with Crippen LogP contribution in [0.15, 0.2) is 29.2 Å². The summed E-state index contributed by atoms with van der Waals surface area (Å²) < 4.78 is 40.4. The number of sulfonamides is 1. The van der Waals surface area contributed by atoms with Crippen LogP contribution in [0.2, 0.25) is 0 Å². The van der Waals surface area contributed by atoms with Crippen molar-refractivity contribution < 1.29 is 12.8 Å². The zero-order valence-electron chi connectivity index (χ0n) is 14.3. The van der Waals surface area contributed by atoms with Crippen LogP contribution < -0.4 is 10.0 Å². The van der Waals surface area contributed by atoms with Crippen LogP contribution in [0.1, 0.15) is 25.7 Å². The molecule has 0 radical (unpaired) electrons. The molecule has 0 unspecified atom stereocenters. The van der Waals surface area contributed by atoms with Gasteiger partial charge in [0.15, 0.2) is 0 Å². The van der Waals surface area contributed by atoms with E-state index in [0.29, 0.717) is 0 Å². The fourth-order valence-corrected chi connectivity index (χ4v) is 4.87. The first kappa shape index (κ1) is 20.6. The molecule has 3 rings (SSSR count). The van der Waals surface area contributed by atoms with Gasteiger partial charge in [0.05, 0.1) is 4.90 Å². The zero-order chi connectivity index (χ0) is 17.0. The lowest BCUT2D eigenvalue weighted by Crippen LogP contribution is -2.46. The third-order valence-electron chi connectivity index (χ3n) is 5.01. The molecule has 0 saturated carbocycles. The minimum Gasteiger partial charge on any atom is -0.317 e. The van der Waals surface area contributed by atoms with Crippen molar-refractivity contribution in [2.45, 2.75) is 36.6 Å². The molecule has 2 fully saturated rings. The predicted molar refractivity (Wildman–Crippen MR) is 99.0 cm³/mol. The van der Waals surface area contributed by atoms with Crippen LogP contribution >= 0.6 is 12.4 Å². The lowest BCUT2D eigenvalue weighted by Gasteiger charge is -2.35. The molecule has 2 aliphatic heterocycles. The van der Waals surface area contributed by atoms with Crippen molar-refractivity contribution >= 4 is 22.4 Å². The molecule has 0 aliphatic carbocycles. The standard InChI is InChI=1S/C17H26FN3O2S.ClH/c18-15-1-3-17(4-2-15)24(22,23)20-16-7-11-21(12-8-16)13-14-5-9-19-10-6-14;/h1-4,14,16,19-20H,5-13H2;1H. The summed E-state index contributed by atoms with van der Waals surface area (Å²) >= 11 is 0. The van der Waals surface area contributed by atoms with Crippen molar-refractivity contribution in [3.63, 3.8) is 0 Å². The van der Waals surface area contributed by atoms with E-state index in [4.69, 9.17) is 0 Å². The van der Waals surface area contributed by atoms with Gasteiger partial charge in [-0.15, -0.1) is 12.4 Å². The van der Waals surface area contributed by atoms with Gasteiger partial charge < -0.3 is 10.2 Å². The Balaban J connectivity index is 0.00000225. The molecule has 142 valence electrons. The first-order chi connectivity index (χ1) is 11.5. The third kappa shape index (κ3) is 5.89. The molecule has 0 atom stereocenters. The van der Waals surface area contributed by atoms with E-state index in [1.807, 2.05) is 0 Å². The smallest absolute Gasteiger partial charge is 0.240 e. The van der Waals surface area contributed by atoms with Gasteiger partial charge in [0.2, 0.25) is 10.0 Å². The van der Waals surface area contributed by atoms with Crippen LogP contribution in [-0.2, 0) is 10.0 Å². The maximum absolute atomic E-state index is 12.9. The molecule has 2 aliphatic rings. The summed E-state index contributed by atoms with van der Waals surface area (Å²) in [6.45, 7) is 5.21. The fraction of sp³-hybridized carbons (Fsp3) is 0.647. The van der Waals surface area contributed by atoms with E-state index >= 15 is 0 Å². The Kier molecular flexibility index (Phi) is 7.64. The van der Waals surface area contributed by atoms with Gasteiger partial charge in [-0.2, -0.15) is 0 Å². The van der Waals surface area contributed by atoms with Crippen molar-refractivity contribution in [1.82, 2.24) is 14.9 Å². The molecule has 2 heterocycles. The molecule has 5 nitrogen and oxygen atoms in total. The van der Waals surface area contributed by atoms with E-state index in [2.05, 4.69) is 14.9 Å². The second-order valence-electron chi connectivity index (χ2n) is 6.84. The lowest BCUT2D eigenvalue weighted by molar-refractivity contribution is 0.164. The van der Waals surface area contributed by atoms with Crippen LogP contribution in [-0.4, -0.2) is 52.1 Å². The highest BCUT2D eigenvalue weighted by Gasteiger charge is 2.26. The second-order valence-corrected chi connectivity index (χ2v) is 8.56. The summed E-state index contributed by atoms with van der Waals surface area (Å²) in [5.41, 5.74) is 0. The quantitative estimate of drug-likeness (QED) is 0.805. The Morgan fingerprint density at radius 1 is 1.08 bits per heavy atom. The predicted octanol–water partition coefficient (Wildman–Crippen LogP) is 1.99. The van der Waals surface area contributed by atoms with Crippen molar-refractivity contribution in [1.29, 1.82) is 0 Å². The number of nitrogens with zero attached hydrogens (tertiary/aromatic N) is 1. The average Bonchev–Trinajstić information content (AvgIpc) is 2.58. The normalized spacial score (nSPS) is 21.0. The molecular formula is C17H27ClFN3O2S. The van der Waals surface area contributed by atoms with Gasteiger partial charge >= 0.3 is 0 Å². The number of hydrogen-bond donors (Lipinski definition) is 2. The number of piperidine rings is 2. The Morgan fingerprint density at radius 2 is 1.68 bits per heavy atom. The van der Waals surface area contributed by atoms with Crippen LogP contribution in [0.4, 0.5) is 4.39 Å². The number of likely N-dealkylation sites (tertiary alicyclic amines) is 1. The van der Waals surface area contributed by atoms with Crippen LogP contribution in [0, 0.1) is 11.7 Å². The minimum atomic E-state index is -3.56. The maximum Gasteiger partial charge on any atom is 0.240 e. The SMILES string of the molecule is Cl.O=S(=O)(NC1CCN(CC2CCNCC2)CC1)c1ccc(F)cc1. The molecule has 1 aromatic carbocycles. The number of rotatable bonds is 5. The van der Waals surface area contributed by atoms with Crippen molar-refractivity contribution in [3.05, 3.63) is 30.1 Å². The number of nitrogens with one attached hydrogen (secondary N) is 2. The molecule has 1 aromatic rings. The minimum absolute atomic E-state index is 0. The number of hydrogen-bond acceptors (Lipinski definition) is 4. The second kappa shape index (κ2) is 9.28. The highest BCUT2D eigenvalue weighted by molar-refractivity contribution is 7.89. The summed E-state index contributed by atoms with van der Waals surface area (Å²) in [7, 11) is -3.56. The molecule has 2 N–H and O–H groups in total. The van der Waals surface area contributed by atoms with Crippen LogP contribution in [0.5, 0.6) is 0 Å². The summed E-state index contributed by atoms with van der Waals surface area (Å²) in [6, 6.07) is 4.93. The van der Waals surface area contributed by atoms with E-state index in [9.17, 15) is 12.8 Å². The highest BCUT2D eigenvalue weighted by Crippen LogP contribution is 2.19. The summed E-state index contributed by atoms with van der Waals surface area (Å²) in [5, 5.41) is 3.39. The summed E-state index contributed by atoms with van der Waals surface area (Å²) in [4.78, 5) is 2.58. The van der Waals surface area contributed by atoms with Gasteiger partial charge in [-0.1, -0.05) is 0 Å². The molecule has 8 heteroatoms. The third-order valence-corrected chi connectivity index (χ3v) is 6.54. The van der Waals surface area contributed by atoms with Crippen molar-refractivity contribution in [3.8, 4) is 0 Å². The first-order valence-electron chi connectivity index (χ1n) is 8.74. The molecule has 0 amide bonds. The molecular weight excluding hydrogens is 365 g/mol. The summed E-state index contributed by atoms with van der Waals surface area (Å²) in [6.07, 6.45) is 4.12. The van der Waals surface area contributed by atoms with Crippen molar-refractivity contribution in [2.24, 2.45) is 5.92 Å². The maximum atomic E-state index is 12.9. The molecule has 0 aromatic heterocycles. The van der Waals surface area contributed by atoms with E-state index in [0.717, 1.165) is 51.5 Å². The van der Waals surface area contributed by atoms with Gasteiger partial charge in [-0.25, -0.2) is 17.5 Å². The Labute approximate surface area is 155 Å². The number of halogens is 2. The topological polar surface area (TPSA) is 61.4 Å². The zero-order valence-corrected chi connectivity index (χ0v) is 15.9.